The molecule has 0 saturated carbocycles. The maximum atomic E-state index is 11.0. The van der Waals surface area contributed by atoms with Gasteiger partial charge in [0, 0.05) is 7.05 Å². The second kappa shape index (κ2) is 3.90. The zero-order valence-electron chi connectivity index (χ0n) is 8.49. The van der Waals surface area contributed by atoms with E-state index in [4.69, 9.17) is 4.74 Å². The first-order valence-electron chi connectivity index (χ1n) is 4.91. The summed E-state index contributed by atoms with van der Waals surface area (Å²) >= 11 is 0. The number of aryl methyl sites for hydroxylation is 1. The second-order valence-corrected chi connectivity index (χ2v) is 3.55. The molecule has 4 nitrogen and oxygen atoms in total. The smallest absolute Gasteiger partial charge is 0.410 e. The van der Waals surface area contributed by atoms with E-state index in [2.05, 4.69) is 5.32 Å². The van der Waals surface area contributed by atoms with Crippen LogP contribution in [-0.4, -0.2) is 18.2 Å². The molecule has 2 N–H and O–H groups in total. The summed E-state index contributed by atoms with van der Waals surface area (Å²) in [6.45, 7) is 0. The molecule has 2 rings (SSSR count). The molecule has 1 unspecified atom stereocenters. The lowest BCUT2D eigenvalue weighted by molar-refractivity contribution is 0.179. The van der Waals surface area contributed by atoms with Crippen molar-refractivity contribution in [2.24, 2.45) is 0 Å². The van der Waals surface area contributed by atoms with Crippen molar-refractivity contribution in [1.29, 1.82) is 0 Å². The highest BCUT2D eigenvalue weighted by Gasteiger charge is 2.20. The van der Waals surface area contributed by atoms with Gasteiger partial charge in [-0.15, -0.1) is 0 Å². The van der Waals surface area contributed by atoms with Crippen LogP contribution in [0.4, 0.5) is 4.79 Å². The summed E-state index contributed by atoms with van der Waals surface area (Å²) in [6, 6.07) is 5.36. The van der Waals surface area contributed by atoms with Gasteiger partial charge in [0.2, 0.25) is 0 Å². The maximum Gasteiger partial charge on any atom is 0.412 e. The Kier molecular flexibility index (Phi) is 2.60. The Bertz CT molecular complexity index is 389. The Morgan fingerprint density at radius 3 is 3.13 bits per heavy atom. The minimum atomic E-state index is -0.498. The van der Waals surface area contributed by atoms with Crippen LogP contribution in [0.3, 0.4) is 0 Å². The lowest BCUT2D eigenvalue weighted by Gasteiger charge is -2.07. The van der Waals surface area contributed by atoms with Crippen molar-refractivity contribution >= 4 is 6.09 Å². The van der Waals surface area contributed by atoms with Crippen LogP contribution in [0, 0.1) is 0 Å². The molecule has 0 bridgehead atoms. The molecule has 1 amide bonds. The predicted octanol–water partition coefficient (Wildman–Crippen LogP) is 1.38. The average Bonchev–Trinajstić information content (AvgIpc) is 2.60. The molecule has 1 aliphatic carbocycles. The Morgan fingerprint density at radius 2 is 2.40 bits per heavy atom. The number of nitrogens with one attached hydrogen (secondary N) is 1. The molecule has 0 fully saturated rings. The molecule has 0 aromatic heterocycles. The third-order valence-corrected chi connectivity index (χ3v) is 2.58. The van der Waals surface area contributed by atoms with Gasteiger partial charge in [-0.2, -0.15) is 0 Å². The van der Waals surface area contributed by atoms with E-state index in [0.717, 1.165) is 24.0 Å². The van der Waals surface area contributed by atoms with Crippen molar-refractivity contribution in [2.45, 2.75) is 18.9 Å². The number of fused-ring (bicyclic) bond motifs is 1. The number of amides is 1. The largest absolute Gasteiger partial charge is 0.412 e. The minimum Gasteiger partial charge on any atom is -0.410 e. The monoisotopic (exact) mass is 207 g/mol. The molecule has 80 valence electrons. The lowest BCUT2D eigenvalue weighted by atomic mass is 10.1. The molecule has 0 aliphatic heterocycles. The summed E-state index contributed by atoms with van der Waals surface area (Å²) < 4.78 is 4.98. The number of ether oxygens (including phenoxy) is 1. The fraction of sp³-hybridized carbons (Fsp3) is 0.364. The second-order valence-electron chi connectivity index (χ2n) is 3.55. The summed E-state index contributed by atoms with van der Waals surface area (Å²) in [6.07, 6.45) is 0.714. The van der Waals surface area contributed by atoms with Crippen molar-refractivity contribution < 1.29 is 14.6 Å². The van der Waals surface area contributed by atoms with E-state index < -0.39 is 12.2 Å². The molecule has 1 aromatic rings. The van der Waals surface area contributed by atoms with Gasteiger partial charge in [-0.1, -0.05) is 6.07 Å². The Morgan fingerprint density at radius 1 is 1.60 bits per heavy atom. The third-order valence-electron chi connectivity index (χ3n) is 2.58. The van der Waals surface area contributed by atoms with Crippen LogP contribution in [0.2, 0.25) is 0 Å². The van der Waals surface area contributed by atoms with E-state index >= 15 is 0 Å². The first-order valence-corrected chi connectivity index (χ1v) is 4.91. The topological polar surface area (TPSA) is 58.6 Å². The molecule has 15 heavy (non-hydrogen) atoms. The van der Waals surface area contributed by atoms with E-state index in [-0.39, 0.29) is 0 Å². The molecule has 0 saturated heterocycles. The minimum absolute atomic E-state index is 0.423. The van der Waals surface area contributed by atoms with Gasteiger partial charge in [-0.3, -0.25) is 0 Å². The number of carbonyl (C=O) groups excluding carboxylic acids is 1. The van der Waals surface area contributed by atoms with Gasteiger partial charge < -0.3 is 15.2 Å². The number of hydrogen-bond donors (Lipinski definition) is 2. The molecule has 0 heterocycles. The van der Waals surface area contributed by atoms with E-state index in [1.165, 1.54) is 7.05 Å². The van der Waals surface area contributed by atoms with Crippen LogP contribution in [0.15, 0.2) is 18.2 Å². The number of rotatable bonds is 1. The van der Waals surface area contributed by atoms with Gasteiger partial charge in [0.15, 0.2) is 0 Å². The average molecular weight is 207 g/mol. The van der Waals surface area contributed by atoms with Crippen LogP contribution in [0.25, 0.3) is 0 Å². The fourth-order valence-corrected chi connectivity index (χ4v) is 1.78. The molecule has 0 radical (unpaired) electrons. The summed E-state index contributed by atoms with van der Waals surface area (Å²) in [4.78, 5) is 11.0. The van der Waals surface area contributed by atoms with E-state index in [1.807, 2.05) is 6.07 Å². The molecule has 4 heteroatoms. The Balaban J connectivity index is 2.21. The molecule has 1 aliphatic rings. The molecule has 1 atom stereocenters. The molecule has 1 aromatic carbocycles. The van der Waals surface area contributed by atoms with E-state index in [9.17, 15) is 9.90 Å². The molecule has 0 spiro atoms. The predicted molar refractivity (Wildman–Crippen MR) is 54.8 cm³/mol. The summed E-state index contributed by atoms with van der Waals surface area (Å²) in [7, 11) is 1.50. The maximum absolute atomic E-state index is 11.0. The Hall–Kier alpha value is -1.55. The highest BCUT2D eigenvalue weighted by atomic mass is 16.5. The number of carbonyl (C=O) groups is 1. The van der Waals surface area contributed by atoms with Crippen LogP contribution in [-0.2, 0) is 6.42 Å². The van der Waals surface area contributed by atoms with Crippen LogP contribution < -0.4 is 10.1 Å². The highest BCUT2D eigenvalue weighted by molar-refractivity contribution is 5.70. The zero-order chi connectivity index (χ0) is 10.8. The van der Waals surface area contributed by atoms with E-state index in [1.54, 1.807) is 12.1 Å². The summed E-state index contributed by atoms with van der Waals surface area (Å²) in [5.74, 6) is 0.467. The van der Waals surface area contributed by atoms with Crippen molar-refractivity contribution in [3.05, 3.63) is 29.3 Å². The summed E-state index contributed by atoms with van der Waals surface area (Å²) in [5, 5.41) is 12.0. The normalized spacial score (nSPS) is 18.4. The Labute approximate surface area is 87.9 Å². The standard InChI is InChI=1S/C11H13NO3/c1-12-11(14)15-8-4-2-7-3-5-10(13)9(7)6-8/h2,4,6,10,13H,3,5H2,1H3,(H,12,14). The number of hydrogen-bond acceptors (Lipinski definition) is 3. The zero-order valence-corrected chi connectivity index (χ0v) is 8.49. The number of aliphatic hydroxyl groups excluding tert-OH is 1. The van der Waals surface area contributed by atoms with Crippen molar-refractivity contribution in [3.8, 4) is 5.75 Å². The van der Waals surface area contributed by atoms with Gasteiger partial charge in [0.1, 0.15) is 5.75 Å². The van der Waals surface area contributed by atoms with Crippen molar-refractivity contribution in [1.82, 2.24) is 5.32 Å². The van der Waals surface area contributed by atoms with Crippen LogP contribution in [0.1, 0.15) is 23.7 Å². The summed E-state index contributed by atoms with van der Waals surface area (Å²) in [5.41, 5.74) is 2.00. The quantitative estimate of drug-likeness (QED) is 0.731. The van der Waals surface area contributed by atoms with Gasteiger partial charge >= 0.3 is 6.09 Å². The molecular weight excluding hydrogens is 194 g/mol. The van der Waals surface area contributed by atoms with E-state index in [0.29, 0.717) is 5.75 Å². The number of aliphatic hydroxyl groups is 1. The lowest BCUT2D eigenvalue weighted by Crippen LogP contribution is -2.22. The SMILES string of the molecule is CNC(=O)Oc1ccc2c(c1)C(O)CC2. The molecular formula is C11H13NO3. The van der Waals surface area contributed by atoms with Crippen LogP contribution in [0.5, 0.6) is 5.75 Å². The first-order chi connectivity index (χ1) is 7.20. The van der Waals surface area contributed by atoms with Gasteiger partial charge in [0.05, 0.1) is 6.10 Å². The van der Waals surface area contributed by atoms with Gasteiger partial charge in [-0.05, 0) is 36.1 Å². The number of benzene rings is 1. The van der Waals surface area contributed by atoms with Gasteiger partial charge in [0.25, 0.3) is 0 Å². The third kappa shape index (κ3) is 1.94. The highest BCUT2D eigenvalue weighted by Crippen LogP contribution is 2.33. The van der Waals surface area contributed by atoms with Gasteiger partial charge in [-0.25, -0.2) is 4.79 Å². The first kappa shape index (κ1) is 9.98. The van der Waals surface area contributed by atoms with Crippen molar-refractivity contribution in [3.63, 3.8) is 0 Å². The van der Waals surface area contributed by atoms with Crippen LogP contribution >= 0.6 is 0 Å². The van der Waals surface area contributed by atoms with Crippen molar-refractivity contribution in [2.75, 3.05) is 7.05 Å². The fourth-order valence-electron chi connectivity index (χ4n) is 1.78.